The lowest BCUT2D eigenvalue weighted by molar-refractivity contribution is -0.123. The Morgan fingerprint density at radius 2 is 1.59 bits per heavy atom. The highest BCUT2D eigenvalue weighted by atomic mass is 79.9. The molecule has 1 aliphatic heterocycles. The molecule has 0 spiro atoms. The molecular weight excluding hydrogens is 572 g/mol. The molecule has 0 radical (unpaired) electrons. The molecule has 1 amide bonds. The van der Waals surface area contributed by atoms with Gasteiger partial charge in [-0.2, -0.15) is 0 Å². The van der Waals surface area contributed by atoms with Gasteiger partial charge in [-0.25, -0.2) is 4.99 Å². The van der Waals surface area contributed by atoms with Gasteiger partial charge in [0.05, 0.1) is 28.2 Å². The Bertz CT molecular complexity index is 1510. The van der Waals surface area contributed by atoms with Gasteiger partial charge >= 0.3 is 0 Å². The number of nitrogens with zero attached hydrogens (tertiary/aromatic N) is 2. The van der Waals surface area contributed by atoms with Crippen molar-refractivity contribution in [1.29, 1.82) is 0 Å². The third kappa shape index (κ3) is 6.27. The maximum absolute atomic E-state index is 13.8. The van der Waals surface area contributed by atoms with Crippen molar-refractivity contribution in [2.75, 3.05) is 7.11 Å². The van der Waals surface area contributed by atoms with E-state index in [-0.39, 0.29) is 11.9 Å². The molecule has 5 rings (SSSR count). The van der Waals surface area contributed by atoms with Crippen LogP contribution in [0, 0.1) is 0 Å². The number of thioether (sulfide) groups is 1. The second-order valence-electron chi connectivity index (χ2n) is 8.91. The molecule has 196 valence electrons. The number of halogens is 1. The van der Waals surface area contributed by atoms with Gasteiger partial charge in [0.15, 0.2) is 16.7 Å². The zero-order valence-electron chi connectivity index (χ0n) is 21.6. The molecule has 1 atom stereocenters. The average Bonchev–Trinajstić information content (AvgIpc) is 3.27. The highest BCUT2D eigenvalue weighted by Gasteiger charge is 2.37. The lowest BCUT2D eigenvalue weighted by atomic mass is 10.1. The van der Waals surface area contributed by atoms with Gasteiger partial charge in [0.1, 0.15) is 6.61 Å². The van der Waals surface area contributed by atoms with E-state index in [0.717, 1.165) is 26.9 Å². The summed E-state index contributed by atoms with van der Waals surface area (Å²) in [6, 6.07) is 33.3. The minimum atomic E-state index is -0.186. The van der Waals surface area contributed by atoms with Gasteiger partial charge in [-0.05, 0) is 81.6 Å². The molecule has 4 aromatic rings. The number of ether oxygens (including phenoxy) is 2. The second-order valence-corrected chi connectivity index (χ2v) is 10.8. The van der Waals surface area contributed by atoms with Crippen molar-refractivity contribution in [3.8, 4) is 11.5 Å². The Hall–Kier alpha value is -3.81. The summed E-state index contributed by atoms with van der Waals surface area (Å²) in [4.78, 5) is 21.0. The highest BCUT2D eigenvalue weighted by Crippen LogP contribution is 2.42. The Morgan fingerprint density at radius 3 is 2.26 bits per heavy atom. The fourth-order valence-corrected chi connectivity index (χ4v) is 5.89. The van der Waals surface area contributed by atoms with Crippen LogP contribution in [0.4, 0.5) is 5.69 Å². The van der Waals surface area contributed by atoms with E-state index in [1.54, 1.807) is 12.0 Å². The van der Waals surface area contributed by atoms with Crippen molar-refractivity contribution in [1.82, 2.24) is 4.90 Å². The number of aliphatic imine (C=N–C) groups is 1. The molecule has 1 fully saturated rings. The van der Waals surface area contributed by atoms with Gasteiger partial charge in [-0.15, -0.1) is 0 Å². The Labute approximate surface area is 241 Å². The van der Waals surface area contributed by atoms with E-state index >= 15 is 0 Å². The fourth-order valence-electron chi connectivity index (χ4n) is 4.24. The van der Waals surface area contributed by atoms with Gasteiger partial charge < -0.3 is 9.47 Å². The fraction of sp³-hybridized carbons (Fsp3) is 0.125. The van der Waals surface area contributed by atoms with E-state index in [9.17, 15) is 4.79 Å². The van der Waals surface area contributed by atoms with Crippen LogP contribution in [0.2, 0.25) is 0 Å². The number of para-hydroxylation sites is 1. The number of benzene rings is 4. The summed E-state index contributed by atoms with van der Waals surface area (Å²) in [5.41, 5.74) is 3.71. The summed E-state index contributed by atoms with van der Waals surface area (Å²) in [7, 11) is 1.61. The molecule has 0 bridgehead atoms. The number of rotatable bonds is 8. The summed E-state index contributed by atoms with van der Waals surface area (Å²) in [5, 5.41) is 0.641. The van der Waals surface area contributed by atoms with Gasteiger partial charge in [0.2, 0.25) is 0 Å². The van der Waals surface area contributed by atoms with Crippen LogP contribution in [0.15, 0.2) is 117 Å². The van der Waals surface area contributed by atoms with Crippen LogP contribution in [-0.2, 0) is 11.4 Å². The van der Waals surface area contributed by atoms with E-state index in [0.29, 0.717) is 28.2 Å². The zero-order valence-corrected chi connectivity index (χ0v) is 24.0. The van der Waals surface area contributed by atoms with E-state index in [1.165, 1.54) is 11.8 Å². The summed E-state index contributed by atoms with van der Waals surface area (Å²) in [5.74, 6) is 1.10. The van der Waals surface area contributed by atoms with Crippen LogP contribution < -0.4 is 9.47 Å². The molecule has 39 heavy (non-hydrogen) atoms. The predicted octanol–water partition coefficient (Wildman–Crippen LogP) is 8.40. The van der Waals surface area contributed by atoms with Crippen LogP contribution in [0.1, 0.15) is 29.7 Å². The van der Waals surface area contributed by atoms with Gasteiger partial charge in [-0.3, -0.25) is 9.69 Å². The van der Waals surface area contributed by atoms with E-state index in [4.69, 9.17) is 14.5 Å². The van der Waals surface area contributed by atoms with E-state index in [2.05, 4.69) is 15.9 Å². The maximum Gasteiger partial charge on any atom is 0.267 e. The van der Waals surface area contributed by atoms with Crippen molar-refractivity contribution in [3.63, 3.8) is 0 Å². The summed E-state index contributed by atoms with van der Waals surface area (Å²) >= 11 is 5.01. The molecule has 7 heteroatoms. The topological polar surface area (TPSA) is 51.1 Å². The van der Waals surface area contributed by atoms with Gasteiger partial charge in [0.25, 0.3) is 5.91 Å². The summed E-state index contributed by atoms with van der Waals surface area (Å²) in [6.45, 7) is 2.44. The van der Waals surface area contributed by atoms with Crippen LogP contribution in [0.25, 0.3) is 6.08 Å². The average molecular weight is 600 g/mol. The Kier molecular flexibility index (Phi) is 8.49. The number of carbonyl (C=O) groups is 1. The molecule has 0 N–H and O–H groups in total. The van der Waals surface area contributed by atoms with Crippen LogP contribution in [0.5, 0.6) is 11.5 Å². The number of hydrogen-bond acceptors (Lipinski definition) is 5. The van der Waals surface area contributed by atoms with Crippen molar-refractivity contribution in [2.45, 2.75) is 19.6 Å². The minimum Gasteiger partial charge on any atom is -0.493 e. The molecule has 4 aromatic carbocycles. The van der Waals surface area contributed by atoms with Crippen molar-refractivity contribution in [3.05, 3.63) is 129 Å². The van der Waals surface area contributed by atoms with E-state index < -0.39 is 0 Å². The number of methoxy groups -OCH3 is 1. The minimum absolute atomic E-state index is 0.0921. The number of hydrogen-bond donors (Lipinski definition) is 0. The second kappa shape index (κ2) is 12.4. The van der Waals surface area contributed by atoms with Gasteiger partial charge in [-0.1, -0.05) is 78.9 Å². The molecule has 0 aliphatic carbocycles. The molecule has 0 saturated carbocycles. The molecule has 5 nitrogen and oxygen atoms in total. The summed E-state index contributed by atoms with van der Waals surface area (Å²) in [6.07, 6.45) is 1.87. The Morgan fingerprint density at radius 1 is 0.949 bits per heavy atom. The smallest absolute Gasteiger partial charge is 0.267 e. The number of carbonyl (C=O) groups excluding carboxylic acids is 1. The predicted molar refractivity (Wildman–Crippen MR) is 162 cm³/mol. The monoisotopic (exact) mass is 598 g/mol. The normalized spacial score (nSPS) is 16.1. The zero-order chi connectivity index (χ0) is 27.2. The first kappa shape index (κ1) is 26.8. The largest absolute Gasteiger partial charge is 0.493 e. The van der Waals surface area contributed by atoms with Crippen molar-refractivity contribution >= 4 is 50.5 Å². The molecule has 1 heterocycles. The lowest BCUT2D eigenvalue weighted by Crippen LogP contribution is -2.32. The van der Waals surface area contributed by atoms with Crippen molar-refractivity contribution < 1.29 is 14.3 Å². The van der Waals surface area contributed by atoms with Gasteiger partial charge in [0, 0.05) is 0 Å². The van der Waals surface area contributed by atoms with E-state index in [1.807, 2.05) is 116 Å². The molecule has 1 saturated heterocycles. The lowest BCUT2D eigenvalue weighted by Gasteiger charge is -2.24. The first-order valence-corrected chi connectivity index (χ1v) is 14.1. The van der Waals surface area contributed by atoms with Crippen LogP contribution >= 0.6 is 27.7 Å². The molecule has 0 aromatic heterocycles. The third-order valence-electron chi connectivity index (χ3n) is 6.26. The number of amidine groups is 1. The van der Waals surface area contributed by atoms with Crippen LogP contribution in [0.3, 0.4) is 0 Å². The first-order chi connectivity index (χ1) is 19.0. The maximum atomic E-state index is 13.8. The highest BCUT2D eigenvalue weighted by molar-refractivity contribution is 9.10. The quantitative estimate of drug-likeness (QED) is 0.191. The first-order valence-electron chi connectivity index (χ1n) is 12.5. The molecule has 1 aliphatic rings. The van der Waals surface area contributed by atoms with Crippen molar-refractivity contribution in [2.24, 2.45) is 4.99 Å². The Balaban J connectivity index is 1.47. The number of amides is 1. The molecular formula is C32H27BrN2O3S. The summed E-state index contributed by atoms with van der Waals surface area (Å²) < 4.78 is 12.5. The standard InChI is InChI=1S/C32H27BrN2O3S/c1-22(25-14-8-4-9-15-25)35-31(36)29(39-32(35)34-26-16-10-5-11-17-26)20-24-18-27(33)30(28(19-24)37-2)38-21-23-12-6-3-7-13-23/h3-20,22H,21H2,1-2H3/b29-20+,34-32?/t22-/m0/s1. The van der Waals surface area contributed by atoms with Crippen LogP contribution in [-0.4, -0.2) is 23.1 Å². The SMILES string of the molecule is COc1cc(/C=C2/SC(=Nc3ccccc3)N([C@@H](C)c3ccccc3)C2=O)cc(Br)c1OCc1ccccc1. The third-order valence-corrected chi connectivity index (χ3v) is 7.83. The molecule has 0 unspecified atom stereocenters.